The minimum atomic E-state index is -0.180. The standard InChI is InChI=1S/C15H16ClN3O/c1-10-8-14(19-11(2)18-10)15(20)17-7-6-12-4-3-5-13(16)9-12/h3-5,8-9H,6-7H2,1-2H3,(H,17,20). The SMILES string of the molecule is Cc1cc(C(=O)NCCc2cccc(Cl)c2)nc(C)n1. The fourth-order valence-electron chi connectivity index (χ4n) is 1.94. The third-order valence-electron chi connectivity index (χ3n) is 2.79. The summed E-state index contributed by atoms with van der Waals surface area (Å²) < 4.78 is 0. The highest BCUT2D eigenvalue weighted by Gasteiger charge is 2.08. The van der Waals surface area contributed by atoms with Crippen LogP contribution in [0.1, 0.15) is 27.6 Å². The smallest absolute Gasteiger partial charge is 0.270 e. The van der Waals surface area contributed by atoms with Crippen LogP contribution in [0, 0.1) is 13.8 Å². The Kier molecular flexibility index (Phi) is 4.69. The fraction of sp³-hybridized carbons (Fsp3) is 0.267. The topological polar surface area (TPSA) is 54.9 Å². The molecule has 0 aliphatic heterocycles. The monoisotopic (exact) mass is 289 g/mol. The number of amides is 1. The zero-order valence-corrected chi connectivity index (χ0v) is 12.2. The van der Waals surface area contributed by atoms with Gasteiger partial charge in [-0.2, -0.15) is 0 Å². The van der Waals surface area contributed by atoms with Crippen LogP contribution in [0.4, 0.5) is 0 Å². The Morgan fingerprint density at radius 1 is 1.25 bits per heavy atom. The highest BCUT2D eigenvalue weighted by Crippen LogP contribution is 2.10. The van der Waals surface area contributed by atoms with Gasteiger partial charge < -0.3 is 5.32 Å². The van der Waals surface area contributed by atoms with E-state index in [1.165, 1.54) is 0 Å². The van der Waals surface area contributed by atoms with Crippen molar-refractivity contribution in [2.45, 2.75) is 20.3 Å². The van der Waals surface area contributed by atoms with Crippen LogP contribution in [-0.2, 0) is 6.42 Å². The largest absolute Gasteiger partial charge is 0.350 e. The first-order valence-corrected chi connectivity index (χ1v) is 6.77. The van der Waals surface area contributed by atoms with Crippen molar-refractivity contribution in [1.82, 2.24) is 15.3 Å². The number of hydrogen-bond acceptors (Lipinski definition) is 3. The molecule has 1 heterocycles. The molecule has 0 aliphatic carbocycles. The first-order chi connectivity index (χ1) is 9.54. The summed E-state index contributed by atoms with van der Waals surface area (Å²) >= 11 is 5.91. The van der Waals surface area contributed by atoms with Gasteiger partial charge in [-0.15, -0.1) is 0 Å². The van der Waals surface area contributed by atoms with E-state index in [0.29, 0.717) is 23.1 Å². The van der Waals surface area contributed by atoms with Crippen LogP contribution >= 0.6 is 11.6 Å². The molecule has 20 heavy (non-hydrogen) atoms. The van der Waals surface area contributed by atoms with Crippen LogP contribution in [0.2, 0.25) is 5.02 Å². The summed E-state index contributed by atoms with van der Waals surface area (Å²) in [6, 6.07) is 9.29. The van der Waals surface area contributed by atoms with Crippen LogP contribution in [0.3, 0.4) is 0 Å². The summed E-state index contributed by atoms with van der Waals surface area (Å²) in [5.74, 6) is 0.422. The quantitative estimate of drug-likeness (QED) is 0.941. The van der Waals surface area contributed by atoms with Crippen LogP contribution in [0.25, 0.3) is 0 Å². The summed E-state index contributed by atoms with van der Waals surface area (Å²) in [7, 11) is 0. The van der Waals surface area contributed by atoms with E-state index in [0.717, 1.165) is 17.7 Å². The van der Waals surface area contributed by atoms with Gasteiger partial charge in [0.15, 0.2) is 0 Å². The second-order valence-electron chi connectivity index (χ2n) is 4.58. The lowest BCUT2D eigenvalue weighted by Gasteiger charge is -2.06. The first-order valence-electron chi connectivity index (χ1n) is 6.39. The van der Waals surface area contributed by atoms with Crippen molar-refractivity contribution in [1.29, 1.82) is 0 Å². The van der Waals surface area contributed by atoms with Gasteiger partial charge in [0.25, 0.3) is 5.91 Å². The average Bonchev–Trinajstić information content (AvgIpc) is 2.37. The van der Waals surface area contributed by atoms with Gasteiger partial charge >= 0.3 is 0 Å². The number of nitrogens with one attached hydrogen (secondary N) is 1. The van der Waals surface area contributed by atoms with Crippen molar-refractivity contribution in [2.24, 2.45) is 0 Å². The number of aryl methyl sites for hydroxylation is 2. The molecule has 0 saturated carbocycles. The van der Waals surface area contributed by atoms with Gasteiger partial charge in [-0.05, 0) is 44.0 Å². The van der Waals surface area contributed by atoms with E-state index in [4.69, 9.17) is 11.6 Å². The Hall–Kier alpha value is -1.94. The second-order valence-corrected chi connectivity index (χ2v) is 5.01. The van der Waals surface area contributed by atoms with E-state index in [2.05, 4.69) is 15.3 Å². The lowest BCUT2D eigenvalue weighted by molar-refractivity contribution is 0.0948. The van der Waals surface area contributed by atoms with Crippen molar-refractivity contribution in [2.75, 3.05) is 6.54 Å². The molecule has 0 radical (unpaired) electrons. The fourth-order valence-corrected chi connectivity index (χ4v) is 2.15. The van der Waals surface area contributed by atoms with Crippen molar-refractivity contribution >= 4 is 17.5 Å². The molecule has 0 bridgehead atoms. The molecule has 0 fully saturated rings. The lowest BCUT2D eigenvalue weighted by Crippen LogP contribution is -2.27. The highest BCUT2D eigenvalue weighted by atomic mass is 35.5. The van der Waals surface area contributed by atoms with Crippen molar-refractivity contribution in [3.05, 3.63) is 58.1 Å². The predicted molar refractivity (Wildman–Crippen MR) is 79.0 cm³/mol. The van der Waals surface area contributed by atoms with Crippen LogP contribution in [-0.4, -0.2) is 22.4 Å². The number of rotatable bonds is 4. The lowest BCUT2D eigenvalue weighted by atomic mass is 10.1. The van der Waals surface area contributed by atoms with E-state index in [-0.39, 0.29) is 5.91 Å². The van der Waals surface area contributed by atoms with Crippen LogP contribution in [0.15, 0.2) is 30.3 Å². The molecule has 1 aromatic heterocycles. The van der Waals surface area contributed by atoms with Gasteiger partial charge in [-0.3, -0.25) is 4.79 Å². The summed E-state index contributed by atoms with van der Waals surface area (Å²) in [5, 5.41) is 3.55. The Balaban J connectivity index is 1.92. The molecule has 0 unspecified atom stereocenters. The Labute approximate surface area is 123 Å². The second kappa shape index (κ2) is 6.48. The molecule has 2 aromatic rings. The minimum Gasteiger partial charge on any atom is -0.350 e. The van der Waals surface area contributed by atoms with Crippen LogP contribution in [0.5, 0.6) is 0 Å². The van der Waals surface area contributed by atoms with E-state index in [1.54, 1.807) is 13.0 Å². The van der Waals surface area contributed by atoms with Gasteiger partial charge in [-0.1, -0.05) is 23.7 Å². The van der Waals surface area contributed by atoms with E-state index in [9.17, 15) is 4.79 Å². The molecular formula is C15H16ClN3O. The molecule has 2 rings (SSSR count). The molecule has 1 N–H and O–H groups in total. The maximum absolute atomic E-state index is 12.0. The third kappa shape index (κ3) is 4.03. The predicted octanol–water partition coefficient (Wildman–Crippen LogP) is 2.72. The van der Waals surface area contributed by atoms with Gasteiger partial charge in [0, 0.05) is 17.3 Å². The number of nitrogens with zero attached hydrogens (tertiary/aromatic N) is 2. The molecule has 0 spiro atoms. The Bertz CT molecular complexity index is 608. The number of carbonyl (C=O) groups excluding carboxylic acids is 1. The molecule has 0 aliphatic rings. The van der Waals surface area contributed by atoms with E-state index < -0.39 is 0 Å². The average molecular weight is 290 g/mol. The number of halogens is 1. The first kappa shape index (κ1) is 14.5. The third-order valence-corrected chi connectivity index (χ3v) is 3.02. The number of carbonyl (C=O) groups is 1. The van der Waals surface area contributed by atoms with Gasteiger partial charge in [0.05, 0.1) is 0 Å². The van der Waals surface area contributed by atoms with Crippen molar-refractivity contribution in [3.8, 4) is 0 Å². The highest BCUT2D eigenvalue weighted by molar-refractivity contribution is 6.30. The normalized spacial score (nSPS) is 10.3. The molecule has 0 saturated heterocycles. The molecule has 104 valence electrons. The van der Waals surface area contributed by atoms with E-state index in [1.807, 2.05) is 31.2 Å². The summed E-state index contributed by atoms with van der Waals surface area (Å²) in [6.07, 6.45) is 0.731. The van der Waals surface area contributed by atoms with Gasteiger partial charge in [0.2, 0.25) is 0 Å². The molecule has 1 aromatic carbocycles. The number of benzene rings is 1. The molecule has 0 atom stereocenters. The van der Waals surface area contributed by atoms with Crippen molar-refractivity contribution in [3.63, 3.8) is 0 Å². The number of hydrogen-bond donors (Lipinski definition) is 1. The maximum Gasteiger partial charge on any atom is 0.270 e. The number of aromatic nitrogens is 2. The summed E-state index contributed by atoms with van der Waals surface area (Å²) in [4.78, 5) is 20.3. The van der Waals surface area contributed by atoms with E-state index >= 15 is 0 Å². The summed E-state index contributed by atoms with van der Waals surface area (Å²) in [5.41, 5.74) is 2.28. The minimum absolute atomic E-state index is 0.180. The van der Waals surface area contributed by atoms with Gasteiger partial charge in [-0.25, -0.2) is 9.97 Å². The zero-order chi connectivity index (χ0) is 14.5. The van der Waals surface area contributed by atoms with Crippen LogP contribution < -0.4 is 5.32 Å². The molecule has 4 nitrogen and oxygen atoms in total. The molecule has 5 heteroatoms. The molecular weight excluding hydrogens is 274 g/mol. The van der Waals surface area contributed by atoms with Crippen molar-refractivity contribution < 1.29 is 4.79 Å². The van der Waals surface area contributed by atoms with Gasteiger partial charge in [0.1, 0.15) is 11.5 Å². The summed E-state index contributed by atoms with van der Waals surface area (Å²) in [6.45, 7) is 4.16. The maximum atomic E-state index is 12.0. The molecule has 1 amide bonds. The Morgan fingerprint density at radius 2 is 2.05 bits per heavy atom. The zero-order valence-electron chi connectivity index (χ0n) is 11.5. The Morgan fingerprint density at radius 3 is 2.75 bits per heavy atom.